The van der Waals surface area contributed by atoms with Crippen LogP contribution in [0.5, 0.6) is 0 Å². The first-order valence-electron chi connectivity index (χ1n) is 4.94. The molecule has 100 valence electrons. The van der Waals surface area contributed by atoms with Crippen LogP contribution in [-0.2, 0) is 11.2 Å². The molecule has 0 bridgehead atoms. The lowest BCUT2D eigenvalue weighted by Gasteiger charge is -2.10. The van der Waals surface area contributed by atoms with Crippen LogP contribution in [-0.4, -0.2) is 41.2 Å². The summed E-state index contributed by atoms with van der Waals surface area (Å²) in [6.45, 7) is -0.611. The van der Waals surface area contributed by atoms with Crippen molar-refractivity contribution in [1.82, 2.24) is 5.32 Å². The van der Waals surface area contributed by atoms with Crippen LogP contribution in [0.15, 0.2) is 16.7 Å². The molecule has 0 saturated heterocycles. The van der Waals surface area contributed by atoms with Gasteiger partial charge in [-0.25, -0.2) is 13.6 Å². The molecule has 3 N–H and O–H groups in total. The predicted octanol–water partition coefficient (Wildman–Crippen LogP) is 0.262. The number of carbonyl (C=O) groups is 2. The summed E-state index contributed by atoms with van der Waals surface area (Å²) in [5, 5.41) is 19.5. The number of aliphatic hydroxyl groups is 1. The van der Waals surface area contributed by atoms with Crippen LogP contribution >= 0.6 is 0 Å². The molecule has 1 atom stereocenters. The minimum absolute atomic E-state index is 0.0773. The van der Waals surface area contributed by atoms with Crippen LogP contribution in [0, 0.1) is 0 Å². The Bertz CT molecular complexity index is 432. The number of amides is 1. The molecule has 0 aliphatic carbocycles. The first kappa shape index (κ1) is 14.1. The number of hydrogen-bond donors (Lipinski definition) is 3. The van der Waals surface area contributed by atoms with E-state index in [1.165, 1.54) is 6.07 Å². The van der Waals surface area contributed by atoms with E-state index in [9.17, 15) is 18.4 Å². The van der Waals surface area contributed by atoms with Crippen molar-refractivity contribution in [3.8, 4) is 0 Å². The van der Waals surface area contributed by atoms with Crippen LogP contribution in [0.25, 0.3) is 0 Å². The average molecular weight is 263 g/mol. The molecule has 0 aliphatic heterocycles. The van der Waals surface area contributed by atoms with E-state index in [1.54, 1.807) is 0 Å². The summed E-state index contributed by atoms with van der Waals surface area (Å²) in [4.78, 5) is 22.0. The van der Waals surface area contributed by atoms with E-state index in [-0.39, 0.29) is 11.3 Å². The normalized spacial score (nSPS) is 12.4. The Morgan fingerprint density at radius 1 is 1.44 bits per heavy atom. The van der Waals surface area contributed by atoms with Gasteiger partial charge in [-0.05, 0) is 6.07 Å². The number of carboxylic acids is 1. The monoisotopic (exact) mass is 263 g/mol. The summed E-state index contributed by atoms with van der Waals surface area (Å²) < 4.78 is 28.7. The SMILES string of the molecule is O=C(Cc1occc1C(=O)O)NCC(O)C(F)F. The zero-order valence-electron chi connectivity index (χ0n) is 9.10. The summed E-state index contributed by atoms with van der Waals surface area (Å²) in [7, 11) is 0. The molecule has 18 heavy (non-hydrogen) atoms. The topological polar surface area (TPSA) is 99.8 Å². The lowest BCUT2D eigenvalue weighted by atomic mass is 10.2. The van der Waals surface area contributed by atoms with Crippen LogP contribution < -0.4 is 5.32 Å². The smallest absolute Gasteiger partial charge is 0.339 e. The molecule has 0 aromatic carbocycles. The number of aliphatic hydroxyl groups excluding tert-OH is 1. The summed E-state index contributed by atoms with van der Waals surface area (Å²) in [5.41, 5.74) is -0.167. The van der Waals surface area contributed by atoms with Gasteiger partial charge in [0.15, 0.2) is 0 Å². The van der Waals surface area contributed by atoms with Crippen LogP contribution in [0.4, 0.5) is 8.78 Å². The van der Waals surface area contributed by atoms with Gasteiger partial charge in [0.1, 0.15) is 17.4 Å². The third-order valence-electron chi connectivity index (χ3n) is 2.10. The number of nitrogens with one attached hydrogen (secondary N) is 1. The van der Waals surface area contributed by atoms with Crippen molar-refractivity contribution in [2.45, 2.75) is 19.0 Å². The van der Waals surface area contributed by atoms with Crippen LogP contribution in [0.3, 0.4) is 0 Å². The highest BCUT2D eigenvalue weighted by molar-refractivity contribution is 5.90. The number of halogens is 2. The molecule has 0 aliphatic rings. The Morgan fingerprint density at radius 3 is 2.67 bits per heavy atom. The molecule has 0 spiro atoms. The second kappa shape index (κ2) is 6.10. The van der Waals surface area contributed by atoms with Gasteiger partial charge in [-0.3, -0.25) is 4.79 Å². The number of carbonyl (C=O) groups excluding carboxylic acids is 1. The molecule has 0 radical (unpaired) electrons. The highest BCUT2D eigenvalue weighted by atomic mass is 19.3. The van der Waals surface area contributed by atoms with E-state index >= 15 is 0 Å². The average Bonchev–Trinajstić information content (AvgIpc) is 2.73. The third kappa shape index (κ3) is 3.81. The van der Waals surface area contributed by atoms with Gasteiger partial charge in [0, 0.05) is 6.54 Å². The van der Waals surface area contributed by atoms with Gasteiger partial charge < -0.3 is 19.9 Å². The van der Waals surface area contributed by atoms with Gasteiger partial charge in [0.25, 0.3) is 6.43 Å². The number of carboxylic acid groups (broad SMARTS) is 1. The highest BCUT2D eigenvalue weighted by Crippen LogP contribution is 2.11. The maximum absolute atomic E-state index is 11.9. The zero-order chi connectivity index (χ0) is 13.7. The minimum atomic E-state index is -2.96. The van der Waals surface area contributed by atoms with Gasteiger partial charge in [0.2, 0.25) is 5.91 Å². The summed E-state index contributed by atoms with van der Waals surface area (Å²) in [6.07, 6.45) is -4.20. The zero-order valence-corrected chi connectivity index (χ0v) is 9.10. The lowest BCUT2D eigenvalue weighted by Crippen LogP contribution is -2.36. The molecule has 0 fully saturated rings. The Hall–Kier alpha value is -1.96. The summed E-state index contributed by atoms with van der Waals surface area (Å²) in [6, 6.07) is 1.18. The van der Waals surface area contributed by atoms with E-state index in [0.29, 0.717) is 0 Å². The molecule has 1 amide bonds. The van der Waals surface area contributed by atoms with Gasteiger partial charge in [-0.15, -0.1) is 0 Å². The minimum Gasteiger partial charge on any atom is -0.478 e. The van der Waals surface area contributed by atoms with E-state index < -0.39 is 37.4 Å². The molecule has 0 saturated carbocycles. The van der Waals surface area contributed by atoms with E-state index in [0.717, 1.165) is 6.26 Å². The van der Waals surface area contributed by atoms with E-state index in [2.05, 4.69) is 0 Å². The molecule has 1 rings (SSSR count). The molecular formula is C10H11F2NO5. The standard InChI is InChI=1S/C10H11F2NO5/c11-9(12)6(14)4-13-8(15)3-7-5(10(16)17)1-2-18-7/h1-2,6,9,14H,3-4H2,(H,13,15)(H,16,17). The Labute approximate surface area is 100 Å². The quantitative estimate of drug-likeness (QED) is 0.683. The van der Waals surface area contributed by atoms with Gasteiger partial charge in [-0.2, -0.15) is 0 Å². The van der Waals surface area contributed by atoms with Crippen LogP contribution in [0.2, 0.25) is 0 Å². The fourth-order valence-corrected chi connectivity index (χ4v) is 1.18. The molecule has 1 aromatic rings. The third-order valence-corrected chi connectivity index (χ3v) is 2.10. The Kier molecular flexibility index (Phi) is 4.78. The first-order chi connectivity index (χ1) is 8.41. The van der Waals surface area contributed by atoms with Gasteiger partial charge >= 0.3 is 5.97 Å². The predicted molar refractivity (Wildman–Crippen MR) is 54.4 cm³/mol. The maximum atomic E-state index is 11.9. The number of aromatic carboxylic acids is 1. The summed E-state index contributed by atoms with van der Waals surface area (Å²) in [5.74, 6) is -2.04. The van der Waals surface area contributed by atoms with E-state index in [4.69, 9.17) is 14.6 Å². The second-order valence-corrected chi connectivity index (χ2v) is 3.45. The van der Waals surface area contributed by atoms with Gasteiger partial charge in [0.05, 0.1) is 12.7 Å². The maximum Gasteiger partial charge on any atom is 0.339 e. The second-order valence-electron chi connectivity index (χ2n) is 3.45. The number of alkyl halides is 2. The molecular weight excluding hydrogens is 252 g/mol. The van der Waals surface area contributed by atoms with Gasteiger partial charge in [-0.1, -0.05) is 0 Å². The van der Waals surface area contributed by atoms with Crippen LogP contribution in [0.1, 0.15) is 16.1 Å². The largest absolute Gasteiger partial charge is 0.478 e. The van der Waals surface area contributed by atoms with Crippen molar-refractivity contribution in [1.29, 1.82) is 0 Å². The molecule has 8 heteroatoms. The number of hydrogen-bond acceptors (Lipinski definition) is 4. The van der Waals surface area contributed by atoms with Crippen molar-refractivity contribution in [2.75, 3.05) is 6.54 Å². The molecule has 6 nitrogen and oxygen atoms in total. The summed E-state index contributed by atoms with van der Waals surface area (Å²) >= 11 is 0. The Balaban J connectivity index is 2.50. The fourth-order valence-electron chi connectivity index (χ4n) is 1.18. The first-order valence-corrected chi connectivity index (χ1v) is 4.94. The van der Waals surface area contributed by atoms with E-state index in [1.807, 2.05) is 5.32 Å². The fraction of sp³-hybridized carbons (Fsp3) is 0.400. The van der Waals surface area contributed by atoms with Crippen molar-refractivity contribution >= 4 is 11.9 Å². The lowest BCUT2D eigenvalue weighted by molar-refractivity contribution is -0.121. The highest BCUT2D eigenvalue weighted by Gasteiger charge is 2.19. The molecule has 1 unspecified atom stereocenters. The molecule has 1 aromatic heterocycles. The molecule has 1 heterocycles. The van der Waals surface area contributed by atoms with Crippen molar-refractivity contribution in [2.24, 2.45) is 0 Å². The Morgan fingerprint density at radius 2 is 2.11 bits per heavy atom. The van der Waals surface area contributed by atoms with Crippen molar-refractivity contribution < 1.29 is 33.0 Å². The number of furan rings is 1. The van der Waals surface area contributed by atoms with Crippen molar-refractivity contribution in [3.05, 3.63) is 23.7 Å². The number of rotatable bonds is 6. The van der Waals surface area contributed by atoms with Crippen molar-refractivity contribution in [3.63, 3.8) is 0 Å².